The molecule has 6 heteroatoms. The second kappa shape index (κ2) is 7.08. The molecule has 0 unspecified atom stereocenters. The van der Waals surface area contributed by atoms with E-state index in [1.54, 1.807) is 18.5 Å². The molecule has 0 atom stereocenters. The number of carbonyl (C=O) groups is 1. The van der Waals surface area contributed by atoms with Gasteiger partial charge in [0, 0.05) is 43.9 Å². The maximum atomic E-state index is 13.5. The smallest absolute Gasteiger partial charge is 0.253 e. The number of aromatic nitrogens is 2. The Labute approximate surface area is 159 Å². The second-order valence-corrected chi connectivity index (χ2v) is 8.15. The van der Waals surface area contributed by atoms with Crippen molar-refractivity contribution in [2.45, 2.75) is 38.6 Å². The van der Waals surface area contributed by atoms with Crippen LogP contribution in [-0.2, 0) is 12.0 Å². The number of hydrogen-bond donors (Lipinski definition) is 1. The van der Waals surface area contributed by atoms with Crippen molar-refractivity contribution < 1.29 is 9.18 Å². The highest BCUT2D eigenvalue weighted by atomic mass is 19.1. The fourth-order valence-electron chi connectivity index (χ4n) is 4.67. The summed E-state index contributed by atoms with van der Waals surface area (Å²) in [5.41, 5.74) is 2.72. The molecule has 4 rings (SSSR count). The normalized spacial score (nSPS) is 19.5. The van der Waals surface area contributed by atoms with Crippen LogP contribution in [0.15, 0.2) is 30.6 Å². The van der Waals surface area contributed by atoms with Crippen LogP contribution in [0.25, 0.3) is 0 Å². The molecule has 2 aliphatic heterocycles. The average molecular weight is 370 g/mol. The number of H-pyrrole nitrogens is 1. The van der Waals surface area contributed by atoms with Crippen LogP contribution in [0.1, 0.15) is 48.4 Å². The molecule has 144 valence electrons. The lowest BCUT2D eigenvalue weighted by atomic mass is 9.78. The molecule has 0 saturated carbocycles. The van der Waals surface area contributed by atoms with E-state index in [0.717, 1.165) is 38.0 Å². The van der Waals surface area contributed by atoms with Gasteiger partial charge in [-0.25, -0.2) is 9.37 Å². The minimum absolute atomic E-state index is 0.0854. The molecule has 1 aromatic carbocycles. The number of carbonyl (C=O) groups excluding carboxylic acids is 1. The molecule has 1 saturated heterocycles. The second-order valence-electron chi connectivity index (χ2n) is 8.15. The predicted molar refractivity (Wildman–Crippen MR) is 102 cm³/mol. The Hall–Kier alpha value is -2.21. The molecular formula is C21H27FN4O. The Morgan fingerprint density at radius 1 is 1.30 bits per heavy atom. The van der Waals surface area contributed by atoms with Crippen molar-refractivity contribution >= 4 is 5.91 Å². The Balaban J connectivity index is 1.56. The fourth-order valence-corrected chi connectivity index (χ4v) is 4.67. The summed E-state index contributed by atoms with van der Waals surface area (Å²) in [6.07, 6.45) is 4.52. The molecule has 2 aliphatic rings. The van der Waals surface area contributed by atoms with E-state index < -0.39 is 0 Å². The number of piperidine rings is 1. The van der Waals surface area contributed by atoms with E-state index in [4.69, 9.17) is 0 Å². The Kier molecular flexibility index (Phi) is 4.76. The van der Waals surface area contributed by atoms with Gasteiger partial charge in [-0.3, -0.25) is 9.69 Å². The van der Waals surface area contributed by atoms with Gasteiger partial charge in [-0.2, -0.15) is 0 Å². The highest BCUT2D eigenvalue weighted by molar-refractivity contribution is 5.94. The van der Waals surface area contributed by atoms with Gasteiger partial charge in [-0.1, -0.05) is 19.9 Å². The topological polar surface area (TPSA) is 52.2 Å². The van der Waals surface area contributed by atoms with Gasteiger partial charge in [0.05, 0.1) is 17.6 Å². The van der Waals surface area contributed by atoms with Gasteiger partial charge in [0.25, 0.3) is 5.91 Å². The number of imidazole rings is 1. The average Bonchev–Trinajstić information content (AvgIpc) is 3.14. The number of rotatable bonds is 3. The highest BCUT2D eigenvalue weighted by Crippen LogP contribution is 2.42. The first-order chi connectivity index (χ1) is 13.0. The molecule has 27 heavy (non-hydrogen) atoms. The van der Waals surface area contributed by atoms with Crippen molar-refractivity contribution in [1.82, 2.24) is 19.8 Å². The summed E-state index contributed by atoms with van der Waals surface area (Å²) in [4.78, 5) is 25.2. The van der Waals surface area contributed by atoms with Crippen LogP contribution in [0.3, 0.4) is 0 Å². The lowest BCUT2D eigenvalue weighted by molar-refractivity contribution is 0.000608. The van der Waals surface area contributed by atoms with E-state index in [0.29, 0.717) is 24.6 Å². The molecule has 5 nitrogen and oxygen atoms in total. The van der Waals surface area contributed by atoms with Crippen LogP contribution in [0.5, 0.6) is 0 Å². The molecule has 1 N–H and O–H groups in total. The zero-order valence-corrected chi connectivity index (χ0v) is 16.0. The molecule has 1 aromatic heterocycles. The van der Waals surface area contributed by atoms with Gasteiger partial charge in [-0.05, 0) is 37.0 Å². The largest absolute Gasteiger partial charge is 0.348 e. The third-order valence-corrected chi connectivity index (χ3v) is 5.93. The lowest BCUT2D eigenvalue weighted by Gasteiger charge is -2.51. The number of halogens is 1. The number of nitrogens with one attached hydrogen (secondary N) is 1. The molecule has 2 aromatic rings. The summed E-state index contributed by atoms with van der Waals surface area (Å²) in [6.45, 7) is 7.87. The first kappa shape index (κ1) is 18.2. The van der Waals surface area contributed by atoms with Crippen molar-refractivity contribution in [1.29, 1.82) is 0 Å². The van der Waals surface area contributed by atoms with Gasteiger partial charge in [0.15, 0.2) is 0 Å². The monoisotopic (exact) mass is 370 g/mol. The van der Waals surface area contributed by atoms with E-state index in [1.165, 1.54) is 17.8 Å². The van der Waals surface area contributed by atoms with Gasteiger partial charge < -0.3 is 9.88 Å². The van der Waals surface area contributed by atoms with Crippen LogP contribution in [-0.4, -0.2) is 51.9 Å². The van der Waals surface area contributed by atoms with Gasteiger partial charge >= 0.3 is 0 Å². The van der Waals surface area contributed by atoms with Crippen molar-refractivity contribution in [3.05, 3.63) is 53.4 Å². The third-order valence-electron chi connectivity index (χ3n) is 5.93. The number of benzene rings is 1. The number of hydrogen-bond acceptors (Lipinski definition) is 3. The maximum absolute atomic E-state index is 13.5. The molecule has 0 bridgehead atoms. The van der Waals surface area contributed by atoms with Gasteiger partial charge in [0.1, 0.15) is 5.82 Å². The van der Waals surface area contributed by atoms with E-state index in [9.17, 15) is 9.18 Å². The summed E-state index contributed by atoms with van der Waals surface area (Å²) in [7, 11) is 0. The van der Waals surface area contributed by atoms with Crippen molar-refractivity contribution in [2.75, 3.05) is 26.2 Å². The highest BCUT2D eigenvalue weighted by Gasteiger charge is 2.47. The Morgan fingerprint density at radius 3 is 2.78 bits per heavy atom. The van der Waals surface area contributed by atoms with Crippen molar-refractivity contribution in [3.8, 4) is 0 Å². The van der Waals surface area contributed by atoms with Crippen molar-refractivity contribution in [3.63, 3.8) is 0 Å². The number of amides is 1. The van der Waals surface area contributed by atoms with Crippen LogP contribution in [0, 0.1) is 11.7 Å². The summed E-state index contributed by atoms with van der Waals surface area (Å²) in [6, 6.07) is 5.97. The first-order valence-corrected chi connectivity index (χ1v) is 9.82. The quantitative estimate of drug-likeness (QED) is 0.903. The SMILES string of the molecule is CC(C)CN1CCc2[nH]cnc2C12CCN(C(=O)c1cccc(F)c1)CC2. The zero-order chi connectivity index (χ0) is 19.0. The van der Waals surface area contributed by atoms with E-state index in [-0.39, 0.29) is 17.3 Å². The van der Waals surface area contributed by atoms with Gasteiger partial charge in [0.2, 0.25) is 0 Å². The van der Waals surface area contributed by atoms with E-state index in [2.05, 4.69) is 28.7 Å². The van der Waals surface area contributed by atoms with Crippen LogP contribution in [0.4, 0.5) is 4.39 Å². The standard InChI is InChI=1S/C21H27FN4O/c1-15(2)13-26-9-6-18-19(24-14-23-18)21(26)7-10-25(11-8-21)20(27)16-4-3-5-17(22)12-16/h3-5,12,14-15H,6-11,13H2,1-2H3,(H,23,24). The van der Waals surface area contributed by atoms with Crippen LogP contribution in [0.2, 0.25) is 0 Å². The first-order valence-electron chi connectivity index (χ1n) is 9.82. The lowest BCUT2D eigenvalue weighted by Crippen LogP contribution is -2.57. The minimum atomic E-state index is -0.370. The number of aromatic amines is 1. The van der Waals surface area contributed by atoms with Crippen molar-refractivity contribution in [2.24, 2.45) is 5.92 Å². The fraction of sp³-hybridized carbons (Fsp3) is 0.524. The number of fused-ring (bicyclic) bond motifs is 2. The van der Waals surface area contributed by atoms with E-state index >= 15 is 0 Å². The Morgan fingerprint density at radius 2 is 2.07 bits per heavy atom. The summed E-state index contributed by atoms with van der Waals surface area (Å²) < 4.78 is 13.5. The number of likely N-dealkylation sites (tertiary alicyclic amines) is 1. The molecule has 1 amide bonds. The summed E-state index contributed by atoms with van der Waals surface area (Å²) in [5, 5.41) is 0. The maximum Gasteiger partial charge on any atom is 0.253 e. The Bertz CT molecular complexity index is 823. The minimum Gasteiger partial charge on any atom is -0.348 e. The molecule has 1 spiro atoms. The molecule has 0 radical (unpaired) electrons. The summed E-state index contributed by atoms with van der Waals surface area (Å²) in [5.74, 6) is 0.123. The predicted octanol–water partition coefficient (Wildman–Crippen LogP) is 3.19. The van der Waals surface area contributed by atoms with Crippen LogP contribution >= 0.6 is 0 Å². The molecule has 1 fully saturated rings. The number of nitrogens with zero attached hydrogens (tertiary/aromatic N) is 3. The zero-order valence-electron chi connectivity index (χ0n) is 16.0. The third kappa shape index (κ3) is 3.27. The molecule has 0 aliphatic carbocycles. The van der Waals surface area contributed by atoms with Gasteiger partial charge in [-0.15, -0.1) is 0 Å². The van der Waals surface area contributed by atoms with E-state index in [1.807, 2.05) is 4.90 Å². The molecular weight excluding hydrogens is 343 g/mol. The summed E-state index contributed by atoms with van der Waals surface area (Å²) >= 11 is 0. The van der Waals surface area contributed by atoms with Crippen LogP contribution < -0.4 is 0 Å². The molecule has 3 heterocycles.